The maximum Gasteiger partial charge on any atom is 0.187 e. The van der Waals surface area contributed by atoms with Crippen LogP contribution in [0.1, 0.15) is 19.8 Å². The van der Waals surface area contributed by atoms with Crippen LogP contribution in [0.5, 0.6) is 0 Å². The van der Waals surface area contributed by atoms with Gasteiger partial charge in [0, 0.05) is 6.42 Å². The first-order valence-corrected chi connectivity index (χ1v) is 9.48. The number of ether oxygens (including phenoxy) is 3. The lowest BCUT2D eigenvalue weighted by atomic mass is 9.86. The molecule has 170 valence electrons. The van der Waals surface area contributed by atoms with Crippen LogP contribution in [0.3, 0.4) is 0 Å². The summed E-state index contributed by atoms with van der Waals surface area (Å²) in [5.74, 6) is 0. The second-order valence-electron chi connectivity index (χ2n) is 7.87. The minimum Gasteiger partial charge on any atom is -0.394 e. The molecule has 2 fully saturated rings. The van der Waals surface area contributed by atoms with Crippen LogP contribution in [0.15, 0.2) is 12.7 Å². The van der Waals surface area contributed by atoms with E-state index in [2.05, 4.69) is 6.58 Å². The molecule has 0 bridgehead atoms. The van der Waals surface area contributed by atoms with Crippen molar-refractivity contribution in [2.24, 2.45) is 0 Å². The van der Waals surface area contributed by atoms with Crippen LogP contribution in [0.2, 0.25) is 0 Å². The molecule has 29 heavy (non-hydrogen) atoms. The molecule has 2 heterocycles. The second-order valence-corrected chi connectivity index (χ2v) is 7.87. The molecule has 11 atom stereocenters. The summed E-state index contributed by atoms with van der Waals surface area (Å²) in [5.41, 5.74) is -1.27. The highest BCUT2D eigenvalue weighted by molar-refractivity contribution is 4.98. The van der Waals surface area contributed by atoms with Gasteiger partial charge in [-0.1, -0.05) is 6.08 Å². The van der Waals surface area contributed by atoms with Gasteiger partial charge >= 0.3 is 0 Å². The van der Waals surface area contributed by atoms with Crippen molar-refractivity contribution in [3.05, 3.63) is 12.7 Å². The first-order chi connectivity index (χ1) is 13.6. The minimum atomic E-state index is -1.72. The van der Waals surface area contributed by atoms with Crippen LogP contribution in [0.4, 0.5) is 0 Å². The highest BCUT2D eigenvalue weighted by atomic mass is 16.7. The van der Waals surface area contributed by atoms with Crippen molar-refractivity contribution in [3.8, 4) is 0 Å². The summed E-state index contributed by atoms with van der Waals surface area (Å²) in [4.78, 5) is 0. The number of hydrogen-bond acceptors (Lipinski definition) is 11. The van der Waals surface area contributed by atoms with Crippen LogP contribution in [-0.4, -0.2) is 121 Å². The predicted molar refractivity (Wildman–Crippen MR) is 96.5 cm³/mol. The van der Waals surface area contributed by atoms with Gasteiger partial charge < -0.3 is 55.1 Å². The minimum absolute atomic E-state index is 0.0550. The molecule has 0 amide bonds. The lowest BCUT2D eigenvalue weighted by Crippen LogP contribution is -2.64. The van der Waals surface area contributed by atoms with Gasteiger partial charge in [-0.05, 0) is 13.3 Å². The zero-order chi connectivity index (χ0) is 21.9. The van der Waals surface area contributed by atoms with Crippen molar-refractivity contribution < 1.29 is 55.1 Å². The molecule has 0 aromatic carbocycles. The smallest absolute Gasteiger partial charge is 0.187 e. The monoisotopic (exact) mass is 424 g/mol. The largest absolute Gasteiger partial charge is 0.394 e. The van der Waals surface area contributed by atoms with Crippen LogP contribution in [-0.2, 0) is 14.2 Å². The van der Waals surface area contributed by atoms with Gasteiger partial charge in [0.15, 0.2) is 6.29 Å². The number of aliphatic hydroxyl groups is 8. The Morgan fingerprint density at radius 1 is 0.862 bits per heavy atom. The topological polar surface area (TPSA) is 190 Å². The molecule has 0 aromatic rings. The van der Waals surface area contributed by atoms with Gasteiger partial charge in [0.1, 0.15) is 48.8 Å². The molecular formula is C18H32O11. The zero-order valence-electron chi connectivity index (χ0n) is 16.2. The van der Waals surface area contributed by atoms with E-state index in [1.54, 1.807) is 0 Å². The molecule has 0 aliphatic carbocycles. The van der Waals surface area contributed by atoms with Crippen molar-refractivity contribution in [2.45, 2.75) is 86.6 Å². The van der Waals surface area contributed by atoms with E-state index in [0.717, 1.165) is 0 Å². The number of rotatable bonds is 8. The van der Waals surface area contributed by atoms with Crippen molar-refractivity contribution in [2.75, 3.05) is 13.2 Å². The maximum absolute atomic E-state index is 10.5. The molecular weight excluding hydrogens is 392 g/mol. The molecule has 2 saturated heterocycles. The Hall–Kier alpha value is -0.700. The van der Waals surface area contributed by atoms with Crippen LogP contribution in [0.25, 0.3) is 0 Å². The Morgan fingerprint density at radius 3 is 2.00 bits per heavy atom. The fourth-order valence-corrected chi connectivity index (χ4v) is 3.66. The van der Waals surface area contributed by atoms with E-state index >= 15 is 0 Å². The predicted octanol–water partition coefficient (Wildman–Crippen LogP) is -3.63. The maximum atomic E-state index is 10.5. The van der Waals surface area contributed by atoms with Gasteiger partial charge in [0.2, 0.25) is 0 Å². The molecule has 2 rings (SSSR count). The van der Waals surface area contributed by atoms with Gasteiger partial charge in [0.25, 0.3) is 0 Å². The highest BCUT2D eigenvalue weighted by Gasteiger charge is 2.51. The summed E-state index contributed by atoms with van der Waals surface area (Å²) in [6, 6.07) is 0. The summed E-state index contributed by atoms with van der Waals surface area (Å²) < 4.78 is 16.3. The van der Waals surface area contributed by atoms with E-state index in [1.807, 2.05) is 0 Å². The van der Waals surface area contributed by atoms with Gasteiger partial charge in [-0.2, -0.15) is 0 Å². The lowest BCUT2D eigenvalue weighted by Gasteiger charge is -2.47. The molecule has 11 heteroatoms. The van der Waals surface area contributed by atoms with Gasteiger partial charge in [-0.25, -0.2) is 0 Å². The van der Waals surface area contributed by atoms with Crippen molar-refractivity contribution in [1.29, 1.82) is 0 Å². The summed E-state index contributed by atoms with van der Waals surface area (Å²) >= 11 is 0. The third-order valence-corrected chi connectivity index (χ3v) is 5.33. The molecule has 0 saturated carbocycles. The van der Waals surface area contributed by atoms with Gasteiger partial charge in [-0.15, -0.1) is 6.58 Å². The van der Waals surface area contributed by atoms with E-state index < -0.39 is 80.0 Å². The van der Waals surface area contributed by atoms with E-state index in [0.29, 0.717) is 0 Å². The molecule has 0 aromatic heterocycles. The van der Waals surface area contributed by atoms with E-state index in [-0.39, 0.29) is 12.8 Å². The zero-order valence-corrected chi connectivity index (χ0v) is 16.2. The molecule has 2 aliphatic rings. The van der Waals surface area contributed by atoms with E-state index in [4.69, 9.17) is 14.2 Å². The third kappa shape index (κ3) is 5.51. The number of hydrogen-bond donors (Lipinski definition) is 8. The van der Waals surface area contributed by atoms with Crippen molar-refractivity contribution in [3.63, 3.8) is 0 Å². The van der Waals surface area contributed by atoms with Crippen LogP contribution >= 0.6 is 0 Å². The Morgan fingerprint density at radius 2 is 1.45 bits per heavy atom. The van der Waals surface area contributed by atoms with Crippen molar-refractivity contribution >= 4 is 0 Å². The molecule has 0 radical (unpaired) electrons. The third-order valence-electron chi connectivity index (χ3n) is 5.33. The van der Waals surface area contributed by atoms with Gasteiger partial charge in [0.05, 0.1) is 24.9 Å². The summed E-state index contributed by atoms with van der Waals surface area (Å²) in [5, 5.41) is 80.0. The fourth-order valence-electron chi connectivity index (χ4n) is 3.66. The summed E-state index contributed by atoms with van der Waals surface area (Å²) in [7, 11) is 0. The first-order valence-electron chi connectivity index (χ1n) is 9.48. The number of aliphatic hydroxyl groups excluding tert-OH is 7. The van der Waals surface area contributed by atoms with Crippen LogP contribution < -0.4 is 0 Å². The van der Waals surface area contributed by atoms with E-state index in [1.165, 1.54) is 13.0 Å². The van der Waals surface area contributed by atoms with Gasteiger partial charge in [-0.3, -0.25) is 0 Å². The lowest BCUT2D eigenvalue weighted by molar-refractivity contribution is -0.343. The average molecular weight is 424 g/mol. The van der Waals surface area contributed by atoms with Crippen LogP contribution in [0, 0.1) is 0 Å². The summed E-state index contributed by atoms with van der Waals surface area (Å²) in [6.07, 6.45) is -12.7. The molecule has 2 aliphatic heterocycles. The van der Waals surface area contributed by atoms with E-state index in [9.17, 15) is 40.9 Å². The molecule has 11 nitrogen and oxygen atoms in total. The molecule has 8 N–H and O–H groups in total. The highest BCUT2D eigenvalue weighted by Crippen LogP contribution is 2.32. The Kier molecular flexibility index (Phi) is 8.53. The Balaban J connectivity index is 2.12. The normalized spacial score (nSPS) is 45.6. The SMILES string of the molecule is C=CCC(C)(O)C[C@@H]1OC(CO)[C@@H](O[C@@H]2OC(CO)[C@H](O)[C@H](O)C2O)[C@H](O)C1O. The Labute approximate surface area is 168 Å². The quantitative estimate of drug-likeness (QED) is 0.179. The summed E-state index contributed by atoms with van der Waals surface area (Å²) in [6.45, 7) is 3.78. The average Bonchev–Trinajstić information content (AvgIpc) is 2.67. The second kappa shape index (κ2) is 10.1. The first kappa shape index (κ1) is 24.6. The molecule has 0 spiro atoms. The standard InChI is InChI=1S/C18H32O11/c1-3-4-18(2,26)5-8-11(21)14(24)16(10(7-20)27-8)29-17-15(25)13(23)12(22)9(6-19)28-17/h3,8-17,19-26H,1,4-7H2,2H3/t8-,9?,10?,11?,12-,13-,14+,15?,16+,17-,18?/m0/s1. The van der Waals surface area contributed by atoms with Crippen molar-refractivity contribution in [1.82, 2.24) is 0 Å². The molecule has 5 unspecified atom stereocenters. The fraction of sp³-hybridized carbons (Fsp3) is 0.889. The Bertz CT molecular complexity index is 526.